The summed E-state index contributed by atoms with van der Waals surface area (Å²) in [5.41, 5.74) is 3.16. The van der Waals surface area contributed by atoms with Crippen LogP contribution in [0, 0.1) is 11.8 Å². The zero-order valence-corrected chi connectivity index (χ0v) is 11.9. The predicted octanol–water partition coefficient (Wildman–Crippen LogP) is 4.01. The summed E-state index contributed by atoms with van der Waals surface area (Å²) in [4.78, 5) is 0. The van der Waals surface area contributed by atoms with Gasteiger partial charge in [-0.15, -0.1) is 0 Å². The van der Waals surface area contributed by atoms with E-state index >= 15 is 0 Å². The first-order chi connectivity index (χ1) is 8.33. The van der Waals surface area contributed by atoms with Crippen molar-refractivity contribution in [2.45, 2.75) is 84.1 Å². The van der Waals surface area contributed by atoms with Gasteiger partial charge in [-0.3, -0.25) is 11.3 Å². The fourth-order valence-corrected chi connectivity index (χ4v) is 3.43. The van der Waals surface area contributed by atoms with Gasteiger partial charge in [0.1, 0.15) is 0 Å². The number of unbranched alkanes of at least 4 members (excludes halogenated alkanes) is 1. The fourth-order valence-electron chi connectivity index (χ4n) is 3.43. The molecule has 1 rings (SSSR count). The first-order valence-corrected chi connectivity index (χ1v) is 7.79. The monoisotopic (exact) mass is 240 g/mol. The molecule has 3 N–H and O–H groups in total. The second-order valence-electron chi connectivity index (χ2n) is 5.75. The SMILES string of the molecule is CCCCC(CC)C(NN)C1CCCCCC1. The Morgan fingerprint density at radius 1 is 1.12 bits per heavy atom. The highest BCUT2D eigenvalue weighted by atomic mass is 15.2. The van der Waals surface area contributed by atoms with E-state index < -0.39 is 0 Å². The van der Waals surface area contributed by atoms with Gasteiger partial charge < -0.3 is 0 Å². The first-order valence-electron chi connectivity index (χ1n) is 7.79. The van der Waals surface area contributed by atoms with Crippen molar-refractivity contribution in [3.63, 3.8) is 0 Å². The molecule has 0 heterocycles. The van der Waals surface area contributed by atoms with Crippen molar-refractivity contribution >= 4 is 0 Å². The van der Waals surface area contributed by atoms with Gasteiger partial charge in [0, 0.05) is 6.04 Å². The largest absolute Gasteiger partial charge is 0.271 e. The summed E-state index contributed by atoms with van der Waals surface area (Å²) in [6.45, 7) is 4.60. The first kappa shape index (κ1) is 15.0. The molecule has 0 radical (unpaired) electrons. The minimum Gasteiger partial charge on any atom is -0.271 e. The molecule has 2 heteroatoms. The molecule has 0 aromatic heterocycles. The zero-order valence-electron chi connectivity index (χ0n) is 11.9. The molecule has 102 valence electrons. The minimum absolute atomic E-state index is 0.560. The molecule has 1 saturated carbocycles. The molecule has 0 aliphatic heterocycles. The number of hydrogen-bond acceptors (Lipinski definition) is 2. The molecule has 1 aliphatic carbocycles. The molecular formula is C15H32N2. The van der Waals surface area contributed by atoms with E-state index in [1.807, 2.05) is 0 Å². The Morgan fingerprint density at radius 3 is 2.24 bits per heavy atom. The van der Waals surface area contributed by atoms with Crippen LogP contribution in [0.3, 0.4) is 0 Å². The van der Waals surface area contributed by atoms with Gasteiger partial charge in [-0.05, 0) is 31.1 Å². The van der Waals surface area contributed by atoms with Gasteiger partial charge in [-0.25, -0.2) is 0 Å². The second-order valence-corrected chi connectivity index (χ2v) is 5.75. The molecule has 0 aromatic rings. The van der Waals surface area contributed by atoms with Gasteiger partial charge in [-0.1, -0.05) is 58.8 Å². The molecule has 17 heavy (non-hydrogen) atoms. The van der Waals surface area contributed by atoms with Crippen molar-refractivity contribution in [2.75, 3.05) is 0 Å². The van der Waals surface area contributed by atoms with Crippen LogP contribution in [0.5, 0.6) is 0 Å². The van der Waals surface area contributed by atoms with E-state index in [2.05, 4.69) is 19.3 Å². The van der Waals surface area contributed by atoms with Crippen LogP contribution in [0.4, 0.5) is 0 Å². The number of rotatable bonds is 7. The van der Waals surface area contributed by atoms with E-state index in [4.69, 9.17) is 5.84 Å². The summed E-state index contributed by atoms with van der Waals surface area (Å²) in [6.07, 6.45) is 13.7. The topological polar surface area (TPSA) is 38.0 Å². The third kappa shape index (κ3) is 4.97. The van der Waals surface area contributed by atoms with Crippen LogP contribution in [0.2, 0.25) is 0 Å². The summed E-state index contributed by atoms with van der Waals surface area (Å²) in [7, 11) is 0. The molecule has 0 spiro atoms. The second kappa shape index (κ2) is 8.93. The highest BCUT2D eigenvalue weighted by Gasteiger charge is 2.27. The summed E-state index contributed by atoms with van der Waals surface area (Å²) in [5, 5.41) is 0. The molecule has 1 fully saturated rings. The van der Waals surface area contributed by atoms with Crippen molar-refractivity contribution < 1.29 is 0 Å². The molecule has 2 nitrogen and oxygen atoms in total. The van der Waals surface area contributed by atoms with Crippen LogP contribution in [0.1, 0.15) is 78.1 Å². The van der Waals surface area contributed by atoms with Crippen LogP contribution in [0.15, 0.2) is 0 Å². The molecule has 0 bridgehead atoms. The van der Waals surface area contributed by atoms with Crippen LogP contribution in [0.25, 0.3) is 0 Å². The molecule has 1 aliphatic rings. The highest BCUT2D eigenvalue weighted by Crippen LogP contribution is 2.31. The highest BCUT2D eigenvalue weighted by molar-refractivity contribution is 4.82. The standard InChI is InChI=1S/C15H32N2/c1-3-5-10-13(4-2)15(17-16)14-11-8-6-7-9-12-14/h13-15,17H,3-12,16H2,1-2H3. The lowest BCUT2D eigenvalue weighted by molar-refractivity contribution is 0.219. The average molecular weight is 240 g/mol. The zero-order chi connectivity index (χ0) is 12.5. The lowest BCUT2D eigenvalue weighted by Gasteiger charge is -2.32. The van der Waals surface area contributed by atoms with E-state index in [0.717, 1.165) is 11.8 Å². The van der Waals surface area contributed by atoms with Gasteiger partial charge in [0.2, 0.25) is 0 Å². The van der Waals surface area contributed by atoms with E-state index in [1.54, 1.807) is 0 Å². The average Bonchev–Trinajstić information content (AvgIpc) is 2.63. The summed E-state index contributed by atoms with van der Waals surface area (Å²) in [6, 6.07) is 0.560. The molecule has 2 atom stereocenters. The number of nitrogens with one attached hydrogen (secondary N) is 1. The Morgan fingerprint density at radius 2 is 1.76 bits per heavy atom. The molecule has 0 amide bonds. The van der Waals surface area contributed by atoms with Gasteiger partial charge in [0.05, 0.1) is 0 Å². The Kier molecular flexibility index (Phi) is 7.87. The Hall–Kier alpha value is -0.0800. The number of nitrogens with two attached hydrogens (primary N) is 1. The maximum absolute atomic E-state index is 5.85. The number of hydrogen-bond donors (Lipinski definition) is 2. The fraction of sp³-hybridized carbons (Fsp3) is 1.00. The van der Waals surface area contributed by atoms with Crippen molar-refractivity contribution in [2.24, 2.45) is 17.7 Å². The van der Waals surface area contributed by atoms with Crippen LogP contribution >= 0.6 is 0 Å². The predicted molar refractivity (Wildman–Crippen MR) is 75.6 cm³/mol. The van der Waals surface area contributed by atoms with E-state index in [0.29, 0.717) is 6.04 Å². The van der Waals surface area contributed by atoms with Gasteiger partial charge >= 0.3 is 0 Å². The van der Waals surface area contributed by atoms with Gasteiger partial charge in [0.15, 0.2) is 0 Å². The van der Waals surface area contributed by atoms with Crippen molar-refractivity contribution in [3.05, 3.63) is 0 Å². The smallest absolute Gasteiger partial charge is 0.0266 e. The van der Waals surface area contributed by atoms with E-state index in [1.165, 1.54) is 64.2 Å². The van der Waals surface area contributed by atoms with Gasteiger partial charge in [0.25, 0.3) is 0 Å². The molecule has 0 aromatic carbocycles. The normalized spacial score (nSPS) is 22.1. The maximum atomic E-state index is 5.85. The molecular weight excluding hydrogens is 208 g/mol. The quantitative estimate of drug-likeness (QED) is 0.401. The Labute approximate surface area is 108 Å². The third-order valence-electron chi connectivity index (χ3n) is 4.56. The van der Waals surface area contributed by atoms with Crippen LogP contribution in [-0.4, -0.2) is 6.04 Å². The molecule has 0 saturated heterocycles. The minimum atomic E-state index is 0.560. The Balaban J connectivity index is 2.52. The van der Waals surface area contributed by atoms with Crippen molar-refractivity contribution in [1.82, 2.24) is 5.43 Å². The van der Waals surface area contributed by atoms with E-state index in [9.17, 15) is 0 Å². The Bertz CT molecular complexity index is 174. The summed E-state index contributed by atoms with van der Waals surface area (Å²) < 4.78 is 0. The van der Waals surface area contributed by atoms with Crippen LogP contribution < -0.4 is 11.3 Å². The lowest BCUT2D eigenvalue weighted by Crippen LogP contribution is -2.46. The van der Waals surface area contributed by atoms with E-state index in [-0.39, 0.29) is 0 Å². The molecule has 2 unspecified atom stereocenters. The lowest BCUT2D eigenvalue weighted by atomic mass is 9.80. The van der Waals surface area contributed by atoms with Crippen molar-refractivity contribution in [3.8, 4) is 0 Å². The summed E-state index contributed by atoms with van der Waals surface area (Å²) in [5.74, 6) is 7.46. The van der Waals surface area contributed by atoms with Gasteiger partial charge in [-0.2, -0.15) is 0 Å². The van der Waals surface area contributed by atoms with Crippen LogP contribution in [-0.2, 0) is 0 Å². The maximum Gasteiger partial charge on any atom is 0.0266 e. The third-order valence-corrected chi connectivity index (χ3v) is 4.56. The summed E-state index contributed by atoms with van der Waals surface area (Å²) >= 11 is 0. The number of hydrazine groups is 1. The van der Waals surface area contributed by atoms with Crippen molar-refractivity contribution in [1.29, 1.82) is 0 Å².